The third-order valence-corrected chi connectivity index (χ3v) is 6.26. The van der Waals surface area contributed by atoms with Crippen LogP contribution in [0.1, 0.15) is 35.7 Å². The molecule has 33 heavy (non-hydrogen) atoms. The van der Waals surface area contributed by atoms with E-state index in [2.05, 4.69) is 54.0 Å². The van der Waals surface area contributed by atoms with Gasteiger partial charge in [0.05, 0.1) is 17.6 Å². The Morgan fingerprint density at radius 2 is 1.82 bits per heavy atom. The number of para-hydroxylation sites is 2. The lowest BCUT2D eigenvalue weighted by Gasteiger charge is -2.17. The normalized spacial score (nSPS) is 16.0. The molecule has 1 unspecified atom stereocenters. The molecule has 1 aromatic heterocycles. The number of amides is 1. The predicted octanol–water partition coefficient (Wildman–Crippen LogP) is 5.33. The van der Waals surface area contributed by atoms with Crippen LogP contribution >= 0.6 is 0 Å². The fourth-order valence-corrected chi connectivity index (χ4v) is 4.66. The van der Waals surface area contributed by atoms with Crippen molar-refractivity contribution in [1.29, 1.82) is 0 Å². The molecular weight excluding hydrogens is 410 g/mol. The van der Waals surface area contributed by atoms with Gasteiger partial charge in [0.1, 0.15) is 11.6 Å². The minimum Gasteiger partial charge on any atom is -0.494 e. The highest BCUT2D eigenvalue weighted by molar-refractivity contribution is 5.81. The maximum atomic E-state index is 12.8. The van der Waals surface area contributed by atoms with E-state index in [9.17, 15) is 4.79 Å². The van der Waals surface area contributed by atoms with Gasteiger partial charge in [-0.3, -0.25) is 4.79 Å². The van der Waals surface area contributed by atoms with Crippen LogP contribution in [-0.2, 0) is 17.9 Å². The minimum atomic E-state index is 0.103. The molecule has 2 heterocycles. The zero-order valence-corrected chi connectivity index (χ0v) is 19.0. The zero-order valence-electron chi connectivity index (χ0n) is 19.0. The van der Waals surface area contributed by atoms with Gasteiger partial charge < -0.3 is 14.2 Å². The number of fused-ring (bicyclic) bond motifs is 1. The Bertz CT molecular complexity index is 1250. The summed E-state index contributed by atoms with van der Waals surface area (Å²) in [4.78, 5) is 19.7. The van der Waals surface area contributed by atoms with Crippen molar-refractivity contribution in [2.75, 3.05) is 13.2 Å². The topological polar surface area (TPSA) is 47.4 Å². The van der Waals surface area contributed by atoms with E-state index in [0.717, 1.165) is 41.1 Å². The second kappa shape index (κ2) is 9.49. The van der Waals surface area contributed by atoms with Crippen molar-refractivity contribution >= 4 is 16.9 Å². The highest BCUT2D eigenvalue weighted by Gasteiger charge is 2.33. The third kappa shape index (κ3) is 4.77. The maximum Gasteiger partial charge on any atom is 0.223 e. The summed E-state index contributed by atoms with van der Waals surface area (Å²) in [6, 6.07) is 26.6. The lowest BCUT2D eigenvalue weighted by Crippen LogP contribution is -2.24. The first-order chi connectivity index (χ1) is 16.2. The molecule has 5 heteroatoms. The number of carbonyl (C=O) groups excluding carboxylic acids is 1. The number of aromatic nitrogens is 2. The van der Waals surface area contributed by atoms with Gasteiger partial charge in [0.25, 0.3) is 0 Å². The largest absolute Gasteiger partial charge is 0.494 e. The molecule has 0 spiro atoms. The standard InChI is InChI=1S/C28H29N3O2/c1-21-9-7-12-24(17-21)33-16-8-15-31-26-14-6-5-13-25(26)29-28(31)23-18-27(32)30(20-23)19-22-10-3-2-4-11-22/h2-7,9-14,17,23H,8,15-16,18-20H2,1H3. The number of hydrogen-bond donors (Lipinski definition) is 0. The van der Waals surface area contributed by atoms with Gasteiger partial charge in [0, 0.05) is 32.0 Å². The second-order valence-corrected chi connectivity index (χ2v) is 8.79. The van der Waals surface area contributed by atoms with Crippen LogP contribution in [0.15, 0.2) is 78.9 Å². The number of hydrogen-bond acceptors (Lipinski definition) is 3. The molecule has 0 bridgehead atoms. The Balaban J connectivity index is 1.31. The second-order valence-electron chi connectivity index (χ2n) is 8.79. The zero-order chi connectivity index (χ0) is 22.6. The van der Waals surface area contributed by atoms with Gasteiger partial charge in [-0.2, -0.15) is 0 Å². The first kappa shape index (κ1) is 21.3. The molecule has 0 N–H and O–H groups in total. The molecule has 1 aliphatic rings. The molecular formula is C28H29N3O2. The van der Waals surface area contributed by atoms with Crippen LogP contribution in [0.5, 0.6) is 5.75 Å². The summed E-state index contributed by atoms with van der Waals surface area (Å²) >= 11 is 0. The molecule has 3 aromatic carbocycles. The number of carbonyl (C=O) groups is 1. The highest BCUT2D eigenvalue weighted by atomic mass is 16.5. The molecule has 5 rings (SSSR count). The van der Waals surface area contributed by atoms with Gasteiger partial charge in [-0.05, 0) is 48.7 Å². The van der Waals surface area contributed by atoms with E-state index in [1.807, 2.05) is 41.3 Å². The van der Waals surface area contributed by atoms with E-state index in [4.69, 9.17) is 9.72 Å². The van der Waals surface area contributed by atoms with Gasteiger partial charge >= 0.3 is 0 Å². The average Bonchev–Trinajstić information content (AvgIpc) is 3.38. The molecule has 0 aliphatic carbocycles. The lowest BCUT2D eigenvalue weighted by molar-refractivity contribution is -0.128. The van der Waals surface area contributed by atoms with E-state index in [1.165, 1.54) is 5.56 Å². The van der Waals surface area contributed by atoms with E-state index in [0.29, 0.717) is 26.1 Å². The van der Waals surface area contributed by atoms with Crippen molar-refractivity contribution < 1.29 is 9.53 Å². The monoisotopic (exact) mass is 439 g/mol. The fourth-order valence-electron chi connectivity index (χ4n) is 4.66. The van der Waals surface area contributed by atoms with Crippen molar-refractivity contribution in [3.63, 3.8) is 0 Å². The van der Waals surface area contributed by atoms with E-state index in [-0.39, 0.29) is 11.8 Å². The maximum absolute atomic E-state index is 12.8. The van der Waals surface area contributed by atoms with Gasteiger partial charge in [0.15, 0.2) is 0 Å². The molecule has 1 aliphatic heterocycles. The first-order valence-corrected chi connectivity index (χ1v) is 11.6. The van der Waals surface area contributed by atoms with Gasteiger partial charge in [-0.1, -0.05) is 54.6 Å². The Kier molecular flexibility index (Phi) is 6.11. The van der Waals surface area contributed by atoms with Crippen LogP contribution in [0.3, 0.4) is 0 Å². The van der Waals surface area contributed by atoms with E-state index in [1.54, 1.807) is 0 Å². The molecule has 168 valence electrons. The van der Waals surface area contributed by atoms with Gasteiger partial charge in [-0.25, -0.2) is 4.98 Å². The van der Waals surface area contributed by atoms with Crippen molar-refractivity contribution in [2.45, 2.75) is 38.8 Å². The van der Waals surface area contributed by atoms with Crippen LogP contribution in [-0.4, -0.2) is 33.5 Å². The summed E-state index contributed by atoms with van der Waals surface area (Å²) in [7, 11) is 0. The average molecular weight is 440 g/mol. The fraction of sp³-hybridized carbons (Fsp3) is 0.286. The molecule has 1 saturated heterocycles. The van der Waals surface area contributed by atoms with Crippen LogP contribution < -0.4 is 4.74 Å². The highest BCUT2D eigenvalue weighted by Crippen LogP contribution is 2.31. The number of benzene rings is 3. The lowest BCUT2D eigenvalue weighted by atomic mass is 10.1. The molecule has 0 radical (unpaired) electrons. The number of imidazole rings is 1. The number of rotatable bonds is 8. The van der Waals surface area contributed by atoms with E-state index < -0.39 is 0 Å². The minimum absolute atomic E-state index is 0.103. The van der Waals surface area contributed by atoms with Crippen LogP contribution in [0.2, 0.25) is 0 Å². The van der Waals surface area contributed by atoms with Crippen molar-refractivity contribution in [1.82, 2.24) is 14.5 Å². The molecule has 1 fully saturated rings. The molecule has 1 amide bonds. The molecule has 5 nitrogen and oxygen atoms in total. The summed E-state index contributed by atoms with van der Waals surface area (Å²) in [5.41, 5.74) is 4.47. The number of aryl methyl sites for hydroxylation is 2. The molecule has 1 atom stereocenters. The third-order valence-electron chi connectivity index (χ3n) is 6.26. The van der Waals surface area contributed by atoms with Crippen molar-refractivity contribution in [3.8, 4) is 5.75 Å². The number of likely N-dealkylation sites (tertiary alicyclic amines) is 1. The summed E-state index contributed by atoms with van der Waals surface area (Å²) < 4.78 is 8.26. The first-order valence-electron chi connectivity index (χ1n) is 11.6. The quantitative estimate of drug-likeness (QED) is 0.349. The number of ether oxygens (including phenoxy) is 1. The Morgan fingerprint density at radius 3 is 2.67 bits per heavy atom. The summed E-state index contributed by atoms with van der Waals surface area (Å²) in [6.45, 7) is 4.88. The molecule has 4 aromatic rings. The molecule has 0 saturated carbocycles. The van der Waals surface area contributed by atoms with Crippen molar-refractivity contribution in [3.05, 3.63) is 95.8 Å². The van der Waals surface area contributed by atoms with Gasteiger partial charge in [-0.15, -0.1) is 0 Å². The Morgan fingerprint density at radius 1 is 1.00 bits per heavy atom. The van der Waals surface area contributed by atoms with Gasteiger partial charge in [0.2, 0.25) is 5.91 Å². The van der Waals surface area contributed by atoms with Crippen LogP contribution in [0.25, 0.3) is 11.0 Å². The van der Waals surface area contributed by atoms with Crippen LogP contribution in [0, 0.1) is 6.92 Å². The Hall–Kier alpha value is -3.60. The Labute approximate surface area is 194 Å². The summed E-state index contributed by atoms with van der Waals surface area (Å²) in [5, 5.41) is 0. The van der Waals surface area contributed by atoms with Crippen LogP contribution in [0.4, 0.5) is 0 Å². The van der Waals surface area contributed by atoms with Crippen molar-refractivity contribution in [2.24, 2.45) is 0 Å². The number of nitrogens with zero attached hydrogens (tertiary/aromatic N) is 3. The van der Waals surface area contributed by atoms with E-state index >= 15 is 0 Å². The smallest absolute Gasteiger partial charge is 0.223 e. The summed E-state index contributed by atoms with van der Waals surface area (Å²) in [6.07, 6.45) is 1.38. The predicted molar refractivity (Wildman–Crippen MR) is 130 cm³/mol. The summed E-state index contributed by atoms with van der Waals surface area (Å²) in [5.74, 6) is 2.22. The SMILES string of the molecule is Cc1cccc(OCCCn2c(C3CC(=O)N(Cc4ccccc4)C3)nc3ccccc32)c1.